The summed E-state index contributed by atoms with van der Waals surface area (Å²) in [4.78, 5) is 18.3. The Morgan fingerprint density at radius 3 is 2.45 bits per heavy atom. The van der Waals surface area contributed by atoms with Crippen molar-refractivity contribution in [2.24, 2.45) is 0 Å². The van der Waals surface area contributed by atoms with Crippen molar-refractivity contribution in [1.82, 2.24) is 9.88 Å². The highest BCUT2D eigenvalue weighted by Crippen LogP contribution is 2.38. The van der Waals surface area contributed by atoms with Gasteiger partial charge >= 0.3 is 0 Å². The molecule has 1 aliphatic rings. The molecule has 1 amide bonds. The Labute approximate surface area is 175 Å². The first kappa shape index (κ1) is 19.6. The minimum Gasteiger partial charge on any atom is -0.497 e. The van der Waals surface area contributed by atoms with Gasteiger partial charge in [0.15, 0.2) is 0 Å². The van der Waals surface area contributed by atoms with Gasteiger partial charge in [0.05, 0.1) is 14.2 Å². The van der Waals surface area contributed by atoms with Crippen LogP contribution in [-0.4, -0.2) is 43.1 Å². The summed E-state index contributed by atoms with van der Waals surface area (Å²) in [6.07, 6.45) is 4.52. The van der Waals surface area contributed by atoms with Crippen LogP contribution >= 0.6 is 11.6 Å². The number of benzene rings is 2. The average molecular weight is 413 g/mol. The van der Waals surface area contributed by atoms with Gasteiger partial charge in [-0.15, -0.1) is 0 Å². The highest BCUT2D eigenvalue weighted by atomic mass is 35.5. The van der Waals surface area contributed by atoms with Crippen molar-refractivity contribution in [3.05, 3.63) is 58.7 Å². The molecule has 1 N–H and O–H groups in total. The number of H-pyrrole nitrogens is 1. The SMILES string of the molecule is COc1cc(OC)cc([C@H](CC(=O)N2CCCC2)c2c[nH]c3ccc(Cl)cc23)c1. The van der Waals surface area contributed by atoms with E-state index >= 15 is 0 Å². The fourth-order valence-electron chi connectivity index (χ4n) is 4.11. The number of halogens is 1. The Bertz CT molecular complexity index is 1000. The van der Waals surface area contributed by atoms with Crippen molar-refractivity contribution >= 4 is 28.4 Å². The molecule has 1 fully saturated rings. The first-order valence-corrected chi connectivity index (χ1v) is 10.2. The van der Waals surface area contributed by atoms with Crippen LogP contribution in [0.15, 0.2) is 42.6 Å². The van der Waals surface area contributed by atoms with Crippen molar-refractivity contribution in [3.8, 4) is 11.5 Å². The molecule has 29 heavy (non-hydrogen) atoms. The number of nitrogens with one attached hydrogen (secondary N) is 1. The van der Waals surface area contributed by atoms with Crippen molar-refractivity contribution < 1.29 is 14.3 Å². The Morgan fingerprint density at radius 2 is 1.79 bits per heavy atom. The molecule has 0 unspecified atom stereocenters. The molecular formula is C23H25ClN2O3. The van der Waals surface area contributed by atoms with E-state index in [0.717, 1.165) is 48.0 Å². The molecule has 3 aromatic rings. The zero-order valence-corrected chi connectivity index (χ0v) is 17.5. The molecule has 1 saturated heterocycles. The number of carbonyl (C=O) groups is 1. The number of hydrogen-bond donors (Lipinski definition) is 1. The third-order valence-electron chi connectivity index (χ3n) is 5.66. The second kappa shape index (κ2) is 8.37. The van der Waals surface area contributed by atoms with Crippen LogP contribution in [0.3, 0.4) is 0 Å². The molecule has 2 heterocycles. The van der Waals surface area contributed by atoms with Crippen molar-refractivity contribution in [1.29, 1.82) is 0 Å². The number of ether oxygens (including phenoxy) is 2. The minimum atomic E-state index is -0.140. The van der Waals surface area contributed by atoms with Gasteiger partial charge in [0, 0.05) is 53.6 Å². The number of fused-ring (bicyclic) bond motifs is 1. The summed E-state index contributed by atoms with van der Waals surface area (Å²) in [6.45, 7) is 1.68. The Kier molecular flexibility index (Phi) is 5.67. The molecular weight excluding hydrogens is 388 g/mol. The quantitative estimate of drug-likeness (QED) is 0.621. The lowest BCUT2D eigenvalue weighted by atomic mass is 9.87. The van der Waals surface area contributed by atoms with E-state index in [-0.39, 0.29) is 11.8 Å². The van der Waals surface area contributed by atoms with Crippen LogP contribution in [0.1, 0.15) is 36.3 Å². The predicted octanol–water partition coefficient (Wildman–Crippen LogP) is 4.98. The summed E-state index contributed by atoms with van der Waals surface area (Å²) in [5, 5.41) is 1.70. The maximum Gasteiger partial charge on any atom is 0.223 e. The van der Waals surface area contributed by atoms with E-state index in [1.807, 2.05) is 47.5 Å². The topological polar surface area (TPSA) is 54.6 Å². The van der Waals surface area contributed by atoms with Crippen LogP contribution < -0.4 is 9.47 Å². The number of hydrogen-bond acceptors (Lipinski definition) is 3. The first-order valence-electron chi connectivity index (χ1n) is 9.86. The first-order chi connectivity index (χ1) is 14.1. The number of nitrogens with zero attached hydrogens (tertiary/aromatic N) is 1. The fraction of sp³-hybridized carbons (Fsp3) is 0.348. The molecule has 0 bridgehead atoms. The molecule has 1 aromatic heterocycles. The maximum absolute atomic E-state index is 13.1. The van der Waals surface area contributed by atoms with Crippen molar-refractivity contribution in [3.63, 3.8) is 0 Å². The largest absolute Gasteiger partial charge is 0.497 e. The van der Waals surface area contributed by atoms with E-state index in [9.17, 15) is 4.79 Å². The van der Waals surface area contributed by atoms with Gasteiger partial charge in [-0.25, -0.2) is 0 Å². The molecule has 4 rings (SSSR count). The third kappa shape index (κ3) is 4.06. The van der Waals surface area contributed by atoms with Crippen LogP contribution in [0.4, 0.5) is 0 Å². The van der Waals surface area contributed by atoms with Gasteiger partial charge in [0.2, 0.25) is 5.91 Å². The highest BCUT2D eigenvalue weighted by molar-refractivity contribution is 6.31. The van der Waals surface area contributed by atoms with Crippen LogP contribution in [0.2, 0.25) is 5.02 Å². The average Bonchev–Trinajstić information content (AvgIpc) is 3.41. The van der Waals surface area contributed by atoms with E-state index < -0.39 is 0 Å². The molecule has 0 radical (unpaired) electrons. The van der Waals surface area contributed by atoms with Crippen LogP contribution in [0.25, 0.3) is 10.9 Å². The van der Waals surface area contributed by atoms with Gasteiger partial charge in [-0.2, -0.15) is 0 Å². The number of rotatable bonds is 6. The predicted molar refractivity (Wildman–Crippen MR) is 115 cm³/mol. The molecule has 0 saturated carbocycles. The zero-order chi connectivity index (χ0) is 20.4. The Morgan fingerprint density at radius 1 is 1.10 bits per heavy atom. The number of amides is 1. The smallest absolute Gasteiger partial charge is 0.223 e. The number of carbonyl (C=O) groups excluding carboxylic acids is 1. The van der Waals surface area contributed by atoms with Gasteiger partial charge in [-0.1, -0.05) is 11.6 Å². The highest BCUT2D eigenvalue weighted by Gasteiger charge is 2.26. The van der Waals surface area contributed by atoms with Gasteiger partial charge in [0.25, 0.3) is 0 Å². The van der Waals surface area contributed by atoms with E-state index in [2.05, 4.69) is 4.98 Å². The molecule has 6 heteroatoms. The number of methoxy groups -OCH3 is 2. The molecule has 2 aromatic carbocycles. The molecule has 0 aliphatic carbocycles. The monoisotopic (exact) mass is 412 g/mol. The maximum atomic E-state index is 13.1. The zero-order valence-electron chi connectivity index (χ0n) is 16.7. The minimum absolute atomic E-state index is 0.140. The number of likely N-dealkylation sites (tertiary alicyclic amines) is 1. The Hall–Kier alpha value is -2.66. The molecule has 5 nitrogen and oxygen atoms in total. The Balaban J connectivity index is 1.80. The summed E-state index contributed by atoms with van der Waals surface area (Å²) in [7, 11) is 3.27. The summed E-state index contributed by atoms with van der Waals surface area (Å²) in [5.41, 5.74) is 3.03. The van der Waals surface area contributed by atoms with Crippen LogP contribution in [0, 0.1) is 0 Å². The molecule has 152 valence electrons. The third-order valence-corrected chi connectivity index (χ3v) is 5.90. The van der Waals surface area contributed by atoms with E-state index in [4.69, 9.17) is 21.1 Å². The number of aromatic amines is 1. The van der Waals surface area contributed by atoms with E-state index in [1.54, 1.807) is 14.2 Å². The second-order valence-corrected chi connectivity index (χ2v) is 7.86. The van der Waals surface area contributed by atoms with Crippen LogP contribution in [-0.2, 0) is 4.79 Å². The molecule has 0 spiro atoms. The number of aromatic nitrogens is 1. The van der Waals surface area contributed by atoms with Gasteiger partial charge in [-0.05, 0) is 54.3 Å². The lowest BCUT2D eigenvalue weighted by Gasteiger charge is -2.22. The summed E-state index contributed by atoms with van der Waals surface area (Å²) in [6, 6.07) is 11.6. The van der Waals surface area contributed by atoms with Crippen LogP contribution in [0.5, 0.6) is 11.5 Å². The van der Waals surface area contributed by atoms with Crippen molar-refractivity contribution in [2.75, 3.05) is 27.3 Å². The van der Waals surface area contributed by atoms with Gasteiger partial charge in [0.1, 0.15) is 11.5 Å². The summed E-state index contributed by atoms with van der Waals surface area (Å²) < 4.78 is 10.9. The summed E-state index contributed by atoms with van der Waals surface area (Å²) in [5.74, 6) is 1.44. The standard InChI is InChI=1S/C23H25ClN2O3/c1-28-17-9-15(10-18(12-17)29-2)19(13-23(27)26-7-3-4-8-26)21-14-25-22-6-5-16(24)11-20(21)22/h5-6,9-12,14,19,25H,3-4,7-8,13H2,1-2H3/t19-/m0/s1. The van der Waals surface area contributed by atoms with Crippen molar-refractivity contribution in [2.45, 2.75) is 25.2 Å². The summed E-state index contributed by atoms with van der Waals surface area (Å²) >= 11 is 6.27. The normalized spacial score (nSPS) is 14.9. The lowest BCUT2D eigenvalue weighted by molar-refractivity contribution is -0.130. The lowest BCUT2D eigenvalue weighted by Crippen LogP contribution is -2.29. The van der Waals surface area contributed by atoms with E-state index in [1.165, 1.54) is 0 Å². The molecule has 1 aliphatic heterocycles. The second-order valence-electron chi connectivity index (χ2n) is 7.42. The molecule has 1 atom stereocenters. The van der Waals surface area contributed by atoms with E-state index in [0.29, 0.717) is 22.9 Å². The van der Waals surface area contributed by atoms with Gasteiger partial charge in [-0.3, -0.25) is 4.79 Å². The fourth-order valence-corrected chi connectivity index (χ4v) is 4.28. The van der Waals surface area contributed by atoms with Gasteiger partial charge < -0.3 is 19.4 Å².